The molecule has 0 aliphatic carbocycles. The fraction of sp³-hybridized carbons (Fsp3) is 1.00. The van der Waals surface area contributed by atoms with E-state index in [0.717, 1.165) is 0 Å². The molecule has 0 unspecified atom stereocenters. The van der Waals surface area contributed by atoms with Crippen LogP contribution in [0.4, 0.5) is 0 Å². The molecule has 0 radical (unpaired) electrons. The van der Waals surface area contributed by atoms with Crippen molar-refractivity contribution in [2.75, 3.05) is 31.9 Å². The highest BCUT2D eigenvalue weighted by Gasteiger charge is 2.33. The van der Waals surface area contributed by atoms with Crippen LogP contribution in [0, 0.1) is 0 Å². The highest BCUT2D eigenvalue weighted by atomic mass is 32.2. The Bertz CT molecular complexity index is 107. The topological polar surface area (TPSA) is 24.1 Å². The van der Waals surface area contributed by atoms with Crippen LogP contribution in [0.5, 0.6) is 0 Å². The van der Waals surface area contributed by atoms with Gasteiger partial charge in [0.1, 0.15) is 0 Å². The van der Waals surface area contributed by atoms with E-state index in [1.165, 1.54) is 44.8 Å². The highest BCUT2D eigenvalue weighted by molar-refractivity contribution is 8.00. The van der Waals surface area contributed by atoms with Crippen molar-refractivity contribution in [3.63, 3.8) is 0 Å². The van der Waals surface area contributed by atoms with E-state index >= 15 is 0 Å². The van der Waals surface area contributed by atoms with E-state index in [-0.39, 0.29) is 0 Å². The van der Waals surface area contributed by atoms with Gasteiger partial charge in [0, 0.05) is 23.6 Å². The maximum Gasteiger partial charge on any atom is 0.0309 e. The first-order valence-electron chi connectivity index (χ1n) is 4.47. The van der Waals surface area contributed by atoms with E-state index < -0.39 is 0 Å². The van der Waals surface area contributed by atoms with Crippen molar-refractivity contribution in [3.8, 4) is 0 Å². The standard InChI is InChI=1S/C8H16N2S/c1-3-9-4-2-8(1)7-10-5-6-11-8/h9-10H,1-7H2. The zero-order valence-corrected chi connectivity index (χ0v) is 7.67. The lowest BCUT2D eigenvalue weighted by molar-refractivity contribution is 0.389. The van der Waals surface area contributed by atoms with Crippen molar-refractivity contribution < 1.29 is 0 Å². The fourth-order valence-electron chi connectivity index (χ4n) is 1.91. The number of hydrogen-bond donors (Lipinski definition) is 2. The quantitative estimate of drug-likeness (QED) is 0.554. The van der Waals surface area contributed by atoms with Crippen LogP contribution in [0.1, 0.15) is 12.8 Å². The Morgan fingerprint density at radius 2 is 1.82 bits per heavy atom. The molecule has 2 rings (SSSR count). The summed E-state index contributed by atoms with van der Waals surface area (Å²) in [4.78, 5) is 0. The summed E-state index contributed by atoms with van der Waals surface area (Å²) in [5, 5.41) is 6.91. The summed E-state index contributed by atoms with van der Waals surface area (Å²) in [6, 6.07) is 0. The fourth-order valence-corrected chi connectivity index (χ4v) is 3.29. The Morgan fingerprint density at radius 3 is 2.45 bits per heavy atom. The summed E-state index contributed by atoms with van der Waals surface area (Å²) in [6.45, 7) is 4.88. The number of hydrogen-bond acceptors (Lipinski definition) is 3. The van der Waals surface area contributed by atoms with Gasteiger partial charge in [-0.2, -0.15) is 11.8 Å². The second-order valence-electron chi connectivity index (χ2n) is 3.46. The predicted octanol–water partition coefficient (Wildman–Crippen LogP) is 0.445. The maximum atomic E-state index is 3.50. The molecule has 0 saturated carbocycles. The molecule has 2 aliphatic rings. The zero-order chi connectivity index (χ0) is 7.57. The van der Waals surface area contributed by atoms with Gasteiger partial charge >= 0.3 is 0 Å². The van der Waals surface area contributed by atoms with E-state index in [9.17, 15) is 0 Å². The smallest absolute Gasteiger partial charge is 0.0309 e. The molecule has 0 bridgehead atoms. The molecule has 1 spiro atoms. The molecule has 0 amide bonds. The average Bonchev–Trinajstić information content (AvgIpc) is 2.07. The molecule has 0 aromatic heterocycles. The summed E-state index contributed by atoms with van der Waals surface area (Å²) in [5.41, 5.74) is 0. The Labute approximate surface area is 72.5 Å². The minimum absolute atomic E-state index is 0.601. The van der Waals surface area contributed by atoms with Crippen LogP contribution in [0.2, 0.25) is 0 Å². The van der Waals surface area contributed by atoms with Crippen molar-refractivity contribution in [1.82, 2.24) is 10.6 Å². The Kier molecular flexibility index (Phi) is 2.39. The lowest BCUT2D eigenvalue weighted by Crippen LogP contribution is -2.49. The van der Waals surface area contributed by atoms with Gasteiger partial charge in [0.2, 0.25) is 0 Å². The van der Waals surface area contributed by atoms with E-state index in [4.69, 9.17) is 0 Å². The van der Waals surface area contributed by atoms with Gasteiger partial charge in [-0.3, -0.25) is 0 Å². The third kappa shape index (κ3) is 1.71. The first kappa shape index (κ1) is 7.90. The van der Waals surface area contributed by atoms with Crippen molar-refractivity contribution in [3.05, 3.63) is 0 Å². The van der Waals surface area contributed by atoms with Crippen molar-refractivity contribution >= 4 is 11.8 Å². The third-order valence-corrected chi connectivity index (χ3v) is 4.22. The first-order valence-corrected chi connectivity index (χ1v) is 5.45. The van der Waals surface area contributed by atoms with Gasteiger partial charge in [0.25, 0.3) is 0 Å². The predicted molar refractivity (Wildman–Crippen MR) is 50.2 cm³/mol. The zero-order valence-electron chi connectivity index (χ0n) is 6.86. The summed E-state index contributed by atoms with van der Waals surface area (Å²) in [5.74, 6) is 1.31. The molecule has 2 heterocycles. The Hall–Kier alpha value is 0.270. The molecule has 11 heavy (non-hydrogen) atoms. The summed E-state index contributed by atoms with van der Waals surface area (Å²) in [7, 11) is 0. The van der Waals surface area contributed by atoms with E-state index in [0.29, 0.717) is 4.75 Å². The van der Waals surface area contributed by atoms with Crippen LogP contribution in [0.15, 0.2) is 0 Å². The minimum Gasteiger partial charge on any atom is -0.317 e. The van der Waals surface area contributed by atoms with Gasteiger partial charge in [-0.1, -0.05) is 0 Å². The molecule has 0 aromatic carbocycles. The molecule has 3 heteroatoms. The van der Waals surface area contributed by atoms with Crippen molar-refractivity contribution in [2.45, 2.75) is 17.6 Å². The van der Waals surface area contributed by atoms with Gasteiger partial charge < -0.3 is 10.6 Å². The average molecular weight is 172 g/mol. The van der Waals surface area contributed by atoms with Gasteiger partial charge in [0.05, 0.1) is 0 Å². The van der Waals surface area contributed by atoms with Gasteiger partial charge in [-0.15, -0.1) is 0 Å². The maximum absolute atomic E-state index is 3.50. The lowest BCUT2D eigenvalue weighted by atomic mass is 9.96. The van der Waals surface area contributed by atoms with E-state index in [1.54, 1.807) is 0 Å². The van der Waals surface area contributed by atoms with Crippen LogP contribution in [-0.4, -0.2) is 36.7 Å². The largest absolute Gasteiger partial charge is 0.317 e. The second kappa shape index (κ2) is 3.33. The number of piperidine rings is 1. The Morgan fingerprint density at radius 1 is 1.00 bits per heavy atom. The third-order valence-electron chi connectivity index (χ3n) is 2.65. The second-order valence-corrected chi connectivity index (χ2v) is 5.02. The van der Waals surface area contributed by atoms with Crippen molar-refractivity contribution in [2.24, 2.45) is 0 Å². The van der Waals surface area contributed by atoms with E-state index in [2.05, 4.69) is 22.4 Å². The number of thioether (sulfide) groups is 1. The molecule has 2 aliphatic heterocycles. The normalized spacial score (nSPS) is 30.5. The molecule has 2 nitrogen and oxygen atoms in total. The molecule has 0 atom stereocenters. The van der Waals surface area contributed by atoms with E-state index in [1.807, 2.05) is 0 Å². The molecular weight excluding hydrogens is 156 g/mol. The van der Waals surface area contributed by atoms with Gasteiger partial charge in [-0.25, -0.2) is 0 Å². The van der Waals surface area contributed by atoms with Crippen molar-refractivity contribution in [1.29, 1.82) is 0 Å². The minimum atomic E-state index is 0.601. The monoisotopic (exact) mass is 172 g/mol. The molecule has 2 saturated heterocycles. The van der Waals surface area contributed by atoms with Gasteiger partial charge in [0.15, 0.2) is 0 Å². The summed E-state index contributed by atoms with van der Waals surface area (Å²) < 4.78 is 0.601. The molecule has 2 fully saturated rings. The lowest BCUT2D eigenvalue weighted by Gasteiger charge is -2.40. The summed E-state index contributed by atoms with van der Waals surface area (Å²) >= 11 is 2.18. The van der Waals surface area contributed by atoms with Crippen LogP contribution in [-0.2, 0) is 0 Å². The van der Waals surface area contributed by atoms with Crippen LogP contribution >= 0.6 is 11.8 Å². The molecule has 0 aromatic rings. The molecular formula is C8H16N2S. The highest BCUT2D eigenvalue weighted by Crippen LogP contribution is 2.35. The summed E-state index contributed by atoms with van der Waals surface area (Å²) in [6.07, 6.45) is 2.70. The van der Waals surface area contributed by atoms with Gasteiger partial charge in [-0.05, 0) is 25.9 Å². The van der Waals surface area contributed by atoms with Crippen LogP contribution < -0.4 is 10.6 Å². The van der Waals surface area contributed by atoms with Crippen LogP contribution in [0.25, 0.3) is 0 Å². The number of nitrogens with one attached hydrogen (secondary N) is 2. The molecule has 64 valence electrons. The van der Waals surface area contributed by atoms with Crippen LogP contribution in [0.3, 0.4) is 0 Å². The molecule has 2 N–H and O–H groups in total. The first-order chi connectivity index (χ1) is 5.41. The Balaban J connectivity index is 1.94. The SMILES string of the molecule is C1CC2(CCN1)CNCCS2. The number of rotatable bonds is 0.